The smallest absolute Gasteiger partial charge is 0.161 e. The highest BCUT2D eigenvalue weighted by Crippen LogP contribution is 2.39. The Labute approximate surface area is 128 Å². The number of fused-ring (bicyclic) bond motifs is 1. The zero-order valence-corrected chi connectivity index (χ0v) is 13.2. The molecule has 1 saturated heterocycles. The molecule has 3 rings (SSSR count). The van der Waals surface area contributed by atoms with Crippen LogP contribution in [-0.4, -0.2) is 26.3 Å². The fourth-order valence-electron chi connectivity index (χ4n) is 3.63. The predicted octanol–water partition coefficient (Wildman–Crippen LogP) is 3.59. The van der Waals surface area contributed by atoms with Gasteiger partial charge in [0.25, 0.3) is 0 Å². The molecule has 116 valence electrons. The average Bonchev–Trinajstić information content (AvgIpc) is 2.71. The van der Waals surface area contributed by atoms with Crippen LogP contribution in [0.2, 0.25) is 0 Å². The maximum Gasteiger partial charge on any atom is 0.161 e. The summed E-state index contributed by atoms with van der Waals surface area (Å²) in [5, 5.41) is 3.56. The standard InChI is InChI=1S/C18H27NO2/c1-13(2)10-15-12-19-7-6-16(15)14-4-5-17-18(11-14)21-9-3-8-20-17/h4-5,11,13,15-16,19H,3,6-10,12H2,1-2H3. The van der Waals surface area contributed by atoms with E-state index in [1.54, 1.807) is 0 Å². The lowest BCUT2D eigenvalue weighted by atomic mass is 9.77. The van der Waals surface area contributed by atoms with Crippen LogP contribution in [0.3, 0.4) is 0 Å². The van der Waals surface area contributed by atoms with Crippen molar-refractivity contribution in [3.63, 3.8) is 0 Å². The van der Waals surface area contributed by atoms with Crippen LogP contribution in [0, 0.1) is 11.8 Å². The van der Waals surface area contributed by atoms with Crippen molar-refractivity contribution in [2.45, 2.75) is 39.0 Å². The first-order valence-corrected chi connectivity index (χ1v) is 8.34. The minimum Gasteiger partial charge on any atom is -0.490 e. The first kappa shape index (κ1) is 14.7. The molecular formula is C18H27NO2. The summed E-state index contributed by atoms with van der Waals surface area (Å²) in [6, 6.07) is 6.57. The van der Waals surface area contributed by atoms with Gasteiger partial charge in [-0.1, -0.05) is 19.9 Å². The Bertz CT molecular complexity index is 472. The topological polar surface area (TPSA) is 30.5 Å². The van der Waals surface area contributed by atoms with Crippen LogP contribution in [0.1, 0.15) is 44.6 Å². The van der Waals surface area contributed by atoms with Crippen molar-refractivity contribution in [1.29, 1.82) is 0 Å². The molecule has 2 heterocycles. The molecule has 2 aliphatic heterocycles. The van der Waals surface area contributed by atoms with Gasteiger partial charge in [-0.25, -0.2) is 0 Å². The van der Waals surface area contributed by atoms with Crippen molar-refractivity contribution in [1.82, 2.24) is 5.32 Å². The van der Waals surface area contributed by atoms with E-state index in [0.29, 0.717) is 5.92 Å². The normalized spacial score (nSPS) is 25.7. The van der Waals surface area contributed by atoms with Gasteiger partial charge in [-0.2, -0.15) is 0 Å². The maximum atomic E-state index is 5.86. The largest absolute Gasteiger partial charge is 0.490 e. The number of benzene rings is 1. The minimum absolute atomic E-state index is 0.644. The zero-order chi connectivity index (χ0) is 14.7. The molecule has 1 aromatic rings. The summed E-state index contributed by atoms with van der Waals surface area (Å²) >= 11 is 0. The summed E-state index contributed by atoms with van der Waals surface area (Å²) in [5.41, 5.74) is 1.42. The van der Waals surface area contributed by atoms with Crippen molar-refractivity contribution in [2.75, 3.05) is 26.3 Å². The minimum atomic E-state index is 0.644. The molecule has 1 fully saturated rings. The number of hydrogen-bond acceptors (Lipinski definition) is 3. The van der Waals surface area contributed by atoms with Gasteiger partial charge in [0.05, 0.1) is 13.2 Å². The molecule has 0 amide bonds. The molecule has 0 bridgehead atoms. The van der Waals surface area contributed by atoms with Crippen LogP contribution in [0.5, 0.6) is 11.5 Å². The molecule has 1 aromatic carbocycles. The Kier molecular flexibility index (Phi) is 4.69. The molecule has 3 heteroatoms. The summed E-state index contributed by atoms with van der Waals surface area (Å²) in [4.78, 5) is 0. The second-order valence-corrected chi connectivity index (χ2v) is 6.75. The zero-order valence-electron chi connectivity index (χ0n) is 13.2. The van der Waals surface area contributed by atoms with E-state index in [1.807, 2.05) is 0 Å². The molecule has 0 aromatic heterocycles. The van der Waals surface area contributed by atoms with E-state index >= 15 is 0 Å². The van der Waals surface area contributed by atoms with Crippen molar-refractivity contribution >= 4 is 0 Å². The van der Waals surface area contributed by atoms with Crippen molar-refractivity contribution < 1.29 is 9.47 Å². The fourth-order valence-corrected chi connectivity index (χ4v) is 3.63. The van der Waals surface area contributed by atoms with Crippen LogP contribution in [0.15, 0.2) is 18.2 Å². The molecular weight excluding hydrogens is 262 g/mol. The Morgan fingerprint density at radius 1 is 1.19 bits per heavy atom. The van der Waals surface area contributed by atoms with Crippen molar-refractivity contribution in [2.24, 2.45) is 11.8 Å². The Morgan fingerprint density at radius 3 is 2.81 bits per heavy atom. The highest BCUT2D eigenvalue weighted by molar-refractivity contribution is 5.44. The summed E-state index contributed by atoms with van der Waals surface area (Å²) in [6.45, 7) is 8.41. The van der Waals surface area contributed by atoms with Gasteiger partial charge in [0, 0.05) is 6.42 Å². The van der Waals surface area contributed by atoms with Crippen molar-refractivity contribution in [3.8, 4) is 11.5 Å². The summed E-state index contributed by atoms with van der Waals surface area (Å²) in [7, 11) is 0. The molecule has 3 nitrogen and oxygen atoms in total. The Balaban J connectivity index is 1.82. The second kappa shape index (κ2) is 6.69. The molecule has 1 N–H and O–H groups in total. The molecule has 0 saturated carbocycles. The van der Waals surface area contributed by atoms with Gasteiger partial charge in [0.2, 0.25) is 0 Å². The van der Waals surface area contributed by atoms with Gasteiger partial charge in [-0.3, -0.25) is 0 Å². The average molecular weight is 289 g/mol. The third-order valence-corrected chi connectivity index (χ3v) is 4.58. The second-order valence-electron chi connectivity index (χ2n) is 6.75. The quantitative estimate of drug-likeness (QED) is 0.922. The van der Waals surface area contributed by atoms with E-state index in [-0.39, 0.29) is 0 Å². The van der Waals surface area contributed by atoms with E-state index in [9.17, 15) is 0 Å². The van der Waals surface area contributed by atoms with E-state index in [2.05, 4.69) is 37.4 Å². The summed E-state index contributed by atoms with van der Waals surface area (Å²) in [6.07, 6.45) is 3.47. The van der Waals surface area contributed by atoms with Gasteiger partial charge in [0.1, 0.15) is 0 Å². The number of nitrogens with one attached hydrogen (secondary N) is 1. The van der Waals surface area contributed by atoms with Gasteiger partial charge in [-0.15, -0.1) is 0 Å². The third kappa shape index (κ3) is 3.52. The Hall–Kier alpha value is -1.22. The van der Waals surface area contributed by atoms with E-state index in [0.717, 1.165) is 56.1 Å². The van der Waals surface area contributed by atoms with Crippen LogP contribution < -0.4 is 14.8 Å². The molecule has 21 heavy (non-hydrogen) atoms. The Morgan fingerprint density at radius 2 is 2.00 bits per heavy atom. The molecule has 0 spiro atoms. The number of rotatable bonds is 3. The van der Waals surface area contributed by atoms with E-state index in [1.165, 1.54) is 18.4 Å². The maximum absolute atomic E-state index is 5.86. The third-order valence-electron chi connectivity index (χ3n) is 4.58. The van der Waals surface area contributed by atoms with Crippen LogP contribution in [0.25, 0.3) is 0 Å². The summed E-state index contributed by atoms with van der Waals surface area (Å²) < 4.78 is 11.6. The van der Waals surface area contributed by atoms with Crippen LogP contribution in [0.4, 0.5) is 0 Å². The number of hydrogen-bond donors (Lipinski definition) is 1. The summed E-state index contributed by atoms with van der Waals surface area (Å²) in [5.74, 6) is 3.96. The first-order valence-electron chi connectivity index (χ1n) is 8.34. The van der Waals surface area contributed by atoms with Crippen LogP contribution in [-0.2, 0) is 0 Å². The lowest BCUT2D eigenvalue weighted by Crippen LogP contribution is -2.36. The molecule has 2 atom stereocenters. The number of ether oxygens (including phenoxy) is 2. The fraction of sp³-hybridized carbons (Fsp3) is 0.667. The number of piperidine rings is 1. The van der Waals surface area contributed by atoms with Gasteiger partial charge < -0.3 is 14.8 Å². The first-order chi connectivity index (χ1) is 10.2. The van der Waals surface area contributed by atoms with E-state index in [4.69, 9.17) is 9.47 Å². The van der Waals surface area contributed by atoms with Crippen molar-refractivity contribution in [3.05, 3.63) is 23.8 Å². The highest BCUT2D eigenvalue weighted by atomic mass is 16.5. The van der Waals surface area contributed by atoms with Gasteiger partial charge in [-0.05, 0) is 61.4 Å². The van der Waals surface area contributed by atoms with Gasteiger partial charge >= 0.3 is 0 Å². The molecule has 0 aliphatic carbocycles. The highest BCUT2D eigenvalue weighted by Gasteiger charge is 2.27. The van der Waals surface area contributed by atoms with Crippen LogP contribution >= 0.6 is 0 Å². The predicted molar refractivity (Wildman–Crippen MR) is 85.2 cm³/mol. The lowest BCUT2D eigenvalue weighted by Gasteiger charge is -2.34. The monoisotopic (exact) mass is 289 g/mol. The molecule has 2 aliphatic rings. The van der Waals surface area contributed by atoms with E-state index < -0.39 is 0 Å². The molecule has 0 radical (unpaired) electrons. The lowest BCUT2D eigenvalue weighted by molar-refractivity contribution is 0.278. The molecule has 2 unspecified atom stereocenters. The van der Waals surface area contributed by atoms with Gasteiger partial charge in [0.15, 0.2) is 11.5 Å². The SMILES string of the molecule is CC(C)CC1CNCCC1c1ccc2c(c1)OCCCO2.